The van der Waals surface area contributed by atoms with Gasteiger partial charge in [0.15, 0.2) is 5.82 Å². The van der Waals surface area contributed by atoms with Crippen molar-refractivity contribution in [3.05, 3.63) is 216 Å². The Hall–Kier alpha value is -7.01. The average Bonchev–Trinajstić information content (AvgIpc) is 3.80. The van der Waals surface area contributed by atoms with Gasteiger partial charge in [-0.2, -0.15) is 0 Å². The van der Waals surface area contributed by atoms with Gasteiger partial charge in [-0.05, 0) is 93.0 Å². The molecule has 3 heterocycles. The number of hydrogen-bond donors (Lipinski definition) is 0. The molecule has 1 aliphatic carbocycles. The third kappa shape index (κ3) is 4.87. The van der Waals surface area contributed by atoms with Gasteiger partial charge in [0, 0.05) is 37.3 Å². The van der Waals surface area contributed by atoms with Gasteiger partial charge >= 0.3 is 0 Å². The number of benzene rings is 8. The molecule has 3 nitrogen and oxygen atoms in total. The molecule has 8 aromatic carbocycles. The molecule has 0 N–H and O–H groups in total. The number of furan rings is 1. The summed E-state index contributed by atoms with van der Waals surface area (Å²) in [5, 5.41) is 2.21. The van der Waals surface area contributed by atoms with E-state index in [0.717, 1.165) is 61.1 Å². The fraction of sp³-hybridized carbons (Fsp3) is 0.0189. The molecule has 1 spiro atoms. The lowest BCUT2D eigenvalue weighted by Crippen LogP contribution is -2.32. The Labute approximate surface area is 334 Å². The standard InChI is InChI=1S/C53H32N2OS/c1-2-13-33(14-3-1)46-32-47(36-25-27-41-40-19-6-10-23-48(40)56-49(41)31-36)55-52(54-46)37-16-12-15-34(29-37)35-26-28-51-45(30-35)53(44-22-9-11-24-50(44)57-51)42-20-7-4-17-38(42)39-18-5-8-21-43(39)53/h1-32H. The van der Waals surface area contributed by atoms with Crippen LogP contribution in [0.2, 0.25) is 0 Å². The number of nitrogens with zero attached hydrogens (tertiary/aromatic N) is 2. The van der Waals surface area contributed by atoms with E-state index >= 15 is 0 Å². The minimum Gasteiger partial charge on any atom is -0.456 e. The van der Waals surface area contributed by atoms with Crippen molar-refractivity contribution in [1.29, 1.82) is 0 Å². The molecule has 2 aromatic heterocycles. The molecule has 0 radical (unpaired) electrons. The molecule has 266 valence electrons. The van der Waals surface area contributed by atoms with E-state index < -0.39 is 5.41 Å². The summed E-state index contributed by atoms with van der Waals surface area (Å²) in [6.45, 7) is 0. The summed E-state index contributed by atoms with van der Waals surface area (Å²) >= 11 is 1.87. The van der Waals surface area contributed by atoms with Crippen LogP contribution >= 0.6 is 11.8 Å². The van der Waals surface area contributed by atoms with E-state index in [0.29, 0.717) is 5.82 Å². The Balaban J connectivity index is 1.02. The van der Waals surface area contributed by atoms with Crippen molar-refractivity contribution in [1.82, 2.24) is 9.97 Å². The van der Waals surface area contributed by atoms with Crippen molar-refractivity contribution >= 4 is 33.7 Å². The third-order valence-electron chi connectivity index (χ3n) is 11.8. The summed E-state index contributed by atoms with van der Waals surface area (Å²) in [7, 11) is 0. The van der Waals surface area contributed by atoms with Crippen LogP contribution in [0.25, 0.3) is 78.1 Å². The Morgan fingerprint density at radius 2 is 0.965 bits per heavy atom. The van der Waals surface area contributed by atoms with Gasteiger partial charge < -0.3 is 4.42 Å². The van der Waals surface area contributed by atoms with Gasteiger partial charge in [0.1, 0.15) is 11.2 Å². The Kier molecular flexibility index (Phi) is 7.08. The number of rotatable bonds is 4. The first-order chi connectivity index (χ1) is 28.2. The highest BCUT2D eigenvalue weighted by Gasteiger charge is 2.50. The lowest BCUT2D eigenvalue weighted by atomic mass is 9.67. The molecule has 0 saturated carbocycles. The molecule has 0 saturated heterocycles. The first kappa shape index (κ1) is 32.3. The third-order valence-corrected chi connectivity index (χ3v) is 12.9. The summed E-state index contributed by atoms with van der Waals surface area (Å²) in [4.78, 5) is 13.0. The summed E-state index contributed by atoms with van der Waals surface area (Å²) in [6, 6.07) is 69.6. The number of aromatic nitrogens is 2. The van der Waals surface area contributed by atoms with Crippen LogP contribution in [0, 0.1) is 0 Å². The predicted molar refractivity (Wildman–Crippen MR) is 232 cm³/mol. The van der Waals surface area contributed by atoms with Crippen LogP contribution in [0.1, 0.15) is 22.3 Å². The average molecular weight is 745 g/mol. The Bertz CT molecular complexity index is 3190. The Morgan fingerprint density at radius 3 is 1.79 bits per heavy atom. The molecule has 12 rings (SSSR count). The Morgan fingerprint density at radius 1 is 0.368 bits per heavy atom. The molecule has 0 amide bonds. The van der Waals surface area contributed by atoms with Gasteiger partial charge in [0.2, 0.25) is 0 Å². The molecular weight excluding hydrogens is 713 g/mol. The molecule has 10 aromatic rings. The van der Waals surface area contributed by atoms with Gasteiger partial charge in [-0.15, -0.1) is 0 Å². The van der Waals surface area contributed by atoms with Crippen LogP contribution in [0.3, 0.4) is 0 Å². The van der Waals surface area contributed by atoms with Crippen molar-refractivity contribution in [3.8, 4) is 56.2 Å². The summed E-state index contributed by atoms with van der Waals surface area (Å²) in [5.74, 6) is 0.676. The second-order valence-corrected chi connectivity index (χ2v) is 16.0. The van der Waals surface area contributed by atoms with Crippen LogP contribution in [0.4, 0.5) is 0 Å². The van der Waals surface area contributed by atoms with E-state index in [4.69, 9.17) is 14.4 Å². The maximum absolute atomic E-state index is 6.30. The molecule has 2 aliphatic rings. The van der Waals surface area contributed by atoms with Crippen molar-refractivity contribution in [2.24, 2.45) is 0 Å². The zero-order valence-electron chi connectivity index (χ0n) is 30.7. The topological polar surface area (TPSA) is 38.9 Å². The van der Waals surface area contributed by atoms with Gasteiger partial charge in [0.05, 0.1) is 16.8 Å². The second kappa shape index (κ2) is 12.5. The van der Waals surface area contributed by atoms with Gasteiger partial charge in [-0.3, -0.25) is 0 Å². The van der Waals surface area contributed by atoms with Crippen molar-refractivity contribution in [2.45, 2.75) is 15.2 Å². The van der Waals surface area contributed by atoms with E-state index in [2.05, 4.69) is 176 Å². The smallest absolute Gasteiger partial charge is 0.160 e. The van der Waals surface area contributed by atoms with Gasteiger partial charge in [0.25, 0.3) is 0 Å². The fourth-order valence-electron chi connectivity index (χ4n) is 9.24. The summed E-state index contributed by atoms with van der Waals surface area (Å²) in [6.07, 6.45) is 0. The van der Waals surface area contributed by atoms with Crippen LogP contribution in [-0.4, -0.2) is 9.97 Å². The first-order valence-corrected chi connectivity index (χ1v) is 20.1. The number of hydrogen-bond acceptors (Lipinski definition) is 4. The van der Waals surface area contributed by atoms with Crippen molar-refractivity contribution in [2.75, 3.05) is 0 Å². The highest BCUT2D eigenvalue weighted by atomic mass is 32.2. The van der Waals surface area contributed by atoms with Crippen LogP contribution < -0.4 is 0 Å². The number of para-hydroxylation sites is 1. The van der Waals surface area contributed by atoms with Crippen LogP contribution in [0.15, 0.2) is 208 Å². The molecule has 1 aliphatic heterocycles. The maximum Gasteiger partial charge on any atom is 0.160 e. The minimum absolute atomic E-state index is 0.430. The predicted octanol–water partition coefficient (Wildman–Crippen LogP) is 13.9. The van der Waals surface area contributed by atoms with E-state index in [1.165, 1.54) is 43.2 Å². The molecule has 0 bridgehead atoms. The quantitative estimate of drug-likeness (QED) is 0.180. The zero-order chi connectivity index (χ0) is 37.5. The molecule has 0 unspecified atom stereocenters. The maximum atomic E-state index is 6.30. The van der Waals surface area contributed by atoms with E-state index in [9.17, 15) is 0 Å². The van der Waals surface area contributed by atoms with E-state index in [1.54, 1.807) is 0 Å². The van der Waals surface area contributed by atoms with Gasteiger partial charge in [-0.1, -0.05) is 157 Å². The molecule has 4 heteroatoms. The van der Waals surface area contributed by atoms with E-state index in [1.807, 2.05) is 30.0 Å². The highest BCUT2D eigenvalue weighted by molar-refractivity contribution is 7.99. The molecule has 0 fully saturated rings. The van der Waals surface area contributed by atoms with Gasteiger partial charge in [-0.25, -0.2) is 9.97 Å². The highest BCUT2D eigenvalue weighted by Crippen LogP contribution is 2.62. The lowest BCUT2D eigenvalue weighted by Gasteiger charge is -2.40. The summed E-state index contributed by atoms with van der Waals surface area (Å²) < 4.78 is 6.30. The fourth-order valence-corrected chi connectivity index (χ4v) is 10.4. The SMILES string of the molecule is c1ccc(-c2cc(-c3ccc4c(c3)oc3ccccc34)nc(-c3cccc(-c4ccc5c(c4)C4(c6ccccc6S5)c5ccccc5-c5ccccc54)c3)n2)cc1. The van der Waals surface area contributed by atoms with Crippen molar-refractivity contribution in [3.63, 3.8) is 0 Å². The van der Waals surface area contributed by atoms with Crippen molar-refractivity contribution < 1.29 is 4.42 Å². The molecular formula is C53H32N2OS. The summed E-state index contributed by atoms with van der Waals surface area (Å²) in [5.41, 5.74) is 16.2. The number of fused-ring (bicyclic) bond motifs is 12. The molecule has 0 atom stereocenters. The van der Waals surface area contributed by atoms with E-state index in [-0.39, 0.29) is 0 Å². The normalized spacial score (nSPS) is 13.3. The zero-order valence-corrected chi connectivity index (χ0v) is 31.5. The van der Waals surface area contributed by atoms with Crippen LogP contribution in [0.5, 0.6) is 0 Å². The largest absolute Gasteiger partial charge is 0.456 e. The second-order valence-electron chi connectivity index (χ2n) is 14.9. The monoisotopic (exact) mass is 744 g/mol. The van der Waals surface area contributed by atoms with Crippen LogP contribution in [-0.2, 0) is 5.41 Å². The lowest BCUT2D eigenvalue weighted by molar-refractivity contribution is 0.669. The minimum atomic E-state index is -0.430. The molecule has 57 heavy (non-hydrogen) atoms. The first-order valence-electron chi connectivity index (χ1n) is 19.3.